The molecular formula is C20H22N2O2. The number of hydrogen-bond donors (Lipinski definition) is 0. The molecule has 0 radical (unpaired) electrons. The van der Waals surface area contributed by atoms with Crippen LogP contribution in [0, 0.1) is 11.3 Å². The van der Waals surface area contributed by atoms with Crippen LogP contribution in [0.5, 0.6) is 11.5 Å². The Kier molecular flexibility index (Phi) is 4.73. The summed E-state index contributed by atoms with van der Waals surface area (Å²) < 4.78 is 10.8. The predicted molar refractivity (Wildman–Crippen MR) is 93.1 cm³/mol. The second-order valence-corrected chi connectivity index (χ2v) is 6.08. The lowest BCUT2D eigenvalue weighted by Crippen LogP contribution is -2.41. The van der Waals surface area contributed by atoms with Gasteiger partial charge in [0.1, 0.15) is 6.04 Å². The Labute approximate surface area is 143 Å². The smallest absolute Gasteiger partial charge is 0.161 e. The number of rotatable bonds is 4. The van der Waals surface area contributed by atoms with Crippen molar-refractivity contribution in [2.75, 3.05) is 14.2 Å². The molecule has 4 heteroatoms. The maximum absolute atomic E-state index is 9.66. The molecule has 0 spiro atoms. The Morgan fingerprint density at radius 3 is 2.29 bits per heavy atom. The molecule has 2 atom stereocenters. The van der Waals surface area contributed by atoms with Gasteiger partial charge in [-0.05, 0) is 35.7 Å². The summed E-state index contributed by atoms with van der Waals surface area (Å²) in [5, 5.41) is 9.66. The summed E-state index contributed by atoms with van der Waals surface area (Å²) in [4.78, 5) is 2.25. The van der Waals surface area contributed by atoms with Crippen LogP contribution in [0.1, 0.15) is 29.7 Å². The first-order chi connectivity index (χ1) is 11.7. The minimum Gasteiger partial charge on any atom is -0.493 e. The van der Waals surface area contributed by atoms with Crippen LogP contribution in [0.15, 0.2) is 42.5 Å². The SMILES string of the molecule is COc1cc2c(cc1OC)CN([C@H](C)c1ccccc1)[C@@H](C#N)C2. The van der Waals surface area contributed by atoms with E-state index in [0.29, 0.717) is 6.42 Å². The van der Waals surface area contributed by atoms with Gasteiger partial charge in [0.25, 0.3) is 0 Å². The molecule has 0 bridgehead atoms. The lowest BCUT2D eigenvalue weighted by atomic mass is 9.91. The van der Waals surface area contributed by atoms with E-state index in [2.05, 4.69) is 30.0 Å². The first-order valence-corrected chi connectivity index (χ1v) is 8.12. The van der Waals surface area contributed by atoms with Crippen LogP contribution in [-0.4, -0.2) is 25.2 Å². The van der Waals surface area contributed by atoms with E-state index in [0.717, 1.165) is 23.6 Å². The van der Waals surface area contributed by atoms with E-state index in [1.807, 2.05) is 30.3 Å². The van der Waals surface area contributed by atoms with E-state index in [4.69, 9.17) is 9.47 Å². The molecule has 124 valence electrons. The summed E-state index contributed by atoms with van der Waals surface area (Å²) in [6.07, 6.45) is 0.698. The molecule has 2 aromatic rings. The van der Waals surface area contributed by atoms with Gasteiger partial charge in [-0.1, -0.05) is 30.3 Å². The highest BCUT2D eigenvalue weighted by Crippen LogP contribution is 2.37. The molecule has 0 saturated heterocycles. The molecule has 0 saturated carbocycles. The van der Waals surface area contributed by atoms with E-state index in [1.54, 1.807) is 14.2 Å². The van der Waals surface area contributed by atoms with Gasteiger partial charge < -0.3 is 9.47 Å². The summed E-state index contributed by atoms with van der Waals surface area (Å²) >= 11 is 0. The number of fused-ring (bicyclic) bond motifs is 1. The van der Waals surface area contributed by atoms with Crippen molar-refractivity contribution in [3.05, 3.63) is 59.2 Å². The van der Waals surface area contributed by atoms with Gasteiger partial charge in [0, 0.05) is 19.0 Å². The average Bonchev–Trinajstić information content (AvgIpc) is 2.65. The number of ether oxygens (including phenoxy) is 2. The van der Waals surface area contributed by atoms with Gasteiger partial charge in [0.05, 0.1) is 20.3 Å². The Morgan fingerprint density at radius 1 is 1.08 bits per heavy atom. The fourth-order valence-corrected chi connectivity index (χ4v) is 3.38. The minimum absolute atomic E-state index is 0.147. The highest BCUT2D eigenvalue weighted by atomic mass is 16.5. The van der Waals surface area contributed by atoms with Gasteiger partial charge in [-0.2, -0.15) is 5.26 Å². The lowest BCUT2D eigenvalue weighted by molar-refractivity contribution is 0.152. The monoisotopic (exact) mass is 322 g/mol. The van der Waals surface area contributed by atoms with Crippen LogP contribution in [0.3, 0.4) is 0 Å². The summed E-state index contributed by atoms with van der Waals surface area (Å²) in [6.45, 7) is 2.88. The lowest BCUT2D eigenvalue weighted by Gasteiger charge is -2.38. The molecule has 2 aromatic carbocycles. The average molecular weight is 322 g/mol. The Balaban J connectivity index is 1.96. The fourth-order valence-electron chi connectivity index (χ4n) is 3.38. The van der Waals surface area contributed by atoms with Gasteiger partial charge in [0.2, 0.25) is 0 Å². The number of hydrogen-bond acceptors (Lipinski definition) is 4. The zero-order valence-electron chi connectivity index (χ0n) is 14.3. The molecule has 1 heterocycles. The van der Waals surface area contributed by atoms with Gasteiger partial charge >= 0.3 is 0 Å². The second-order valence-electron chi connectivity index (χ2n) is 6.08. The topological polar surface area (TPSA) is 45.5 Å². The van der Waals surface area contributed by atoms with Crippen molar-refractivity contribution in [2.45, 2.75) is 32.0 Å². The van der Waals surface area contributed by atoms with Gasteiger partial charge in [-0.3, -0.25) is 4.90 Å². The first-order valence-electron chi connectivity index (χ1n) is 8.12. The van der Waals surface area contributed by atoms with Crippen LogP contribution in [0.4, 0.5) is 0 Å². The Morgan fingerprint density at radius 2 is 1.71 bits per heavy atom. The number of methoxy groups -OCH3 is 2. The summed E-state index contributed by atoms with van der Waals surface area (Å²) in [7, 11) is 3.29. The van der Waals surface area contributed by atoms with Gasteiger partial charge in [0.15, 0.2) is 11.5 Å². The molecule has 0 fully saturated rings. The number of nitrogens with zero attached hydrogens (tertiary/aromatic N) is 2. The number of benzene rings is 2. The number of nitriles is 1. The molecule has 0 aromatic heterocycles. The third-order valence-electron chi connectivity index (χ3n) is 4.80. The molecule has 4 nitrogen and oxygen atoms in total. The minimum atomic E-state index is -0.147. The van der Waals surface area contributed by atoms with Crippen molar-refractivity contribution >= 4 is 0 Å². The zero-order valence-corrected chi connectivity index (χ0v) is 14.3. The zero-order chi connectivity index (χ0) is 17.1. The first kappa shape index (κ1) is 16.4. The fraction of sp³-hybridized carbons (Fsp3) is 0.350. The molecule has 1 aliphatic heterocycles. The van der Waals surface area contributed by atoms with Crippen molar-refractivity contribution in [3.8, 4) is 17.6 Å². The molecule has 24 heavy (non-hydrogen) atoms. The summed E-state index contributed by atoms with van der Waals surface area (Å²) in [5.41, 5.74) is 3.58. The van der Waals surface area contributed by atoms with Crippen molar-refractivity contribution in [1.29, 1.82) is 5.26 Å². The maximum atomic E-state index is 9.66. The third kappa shape index (κ3) is 2.95. The van der Waals surface area contributed by atoms with Crippen LogP contribution >= 0.6 is 0 Å². The van der Waals surface area contributed by atoms with E-state index < -0.39 is 0 Å². The molecule has 0 N–H and O–H groups in total. The van der Waals surface area contributed by atoms with Gasteiger partial charge in [-0.15, -0.1) is 0 Å². The largest absolute Gasteiger partial charge is 0.493 e. The molecular weight excluding hydrogens is 300 g/mol. The molecule has 3 rings (SSSR count). The summed E-state index contributed by atoms with van der Waals surface area (Å²) in [6, 6.07) is 16.9. The highest BCUT2D eigenvalue weighted by molar-refractivity contribution is 5.49. The normalized spacial score (nSPS) is 18.3. The van der Waals surface area contributed by atoms with Crippen molar-refractivity contribution < 1.29 is 9.47 Å². The van der Waals surface area contributed by atoms with Crippen molar-refractivity contribution in [1.82, 2.24) is 4.90 Å². The Hall–Kier alpha value is -2.51. The molecule has 0 aliphatic carbocycles. The second kappa shape index (κ2) is 6.94. The molecule has 0 unspecified atom stereocenters. The van der Waals surface area contributed by atoms with Crippen LogP contribution in [0.2, 0.25) is 0 Å². The van der Waals surface area contributed by atoms with E-state index >= 15 is 0 Å². The third-order valence-corrected chi connectivity index (χ3v) is 4.80. The van der Waals surface area contributed by atoms with E-state index in [-0.39, 0.29) is 12.1 Å². The molecule has 0 amide bonds. The summed E-state index contributed by atoms with van der Waals surface area (Å²) in [5.74, 6) is 1.46. The van der Waals surface area contributed by atoms with Crippen LogP contribution in [0.25, 0.3) is 0 Å². The van der Waals surface area contributed by atoms with E-state index in [9.17, 15) is 5.26 Å². The molecule has 1 aliphatic rings. The van der Waals surface area contributed by atoms with Crippen molar-refractivity contribution in [3.63, 3.8) is 0 Å². The van der Waals surface area contributed by atoms with E-state index in [1.165, 1.54) is 11.1 Å². The quantitative estimate of drug-likeness (QED) is 0.861. The predicted octanol–water partition coefficient (Wildman–Crippen LogP) is 3.72. The Bertz CT molecular complexity index is 752. The standard InChI is InChI=1S/C20H22N2O2/c1-14(15-7-5-4-6-8-15)22-13-17-11-20(24-3)19(23-2)10-16(17)9-18(22)12-21/h4-8,10-11,14,18H,9,13H2,1-3H3/t14-,18-/m1/s1. The van der Waals surface area contributed by atoms with Crippen molar-refractivity contribution in [2.24, 2.45) is 0 Å². The highest BCUT2D eigenvalue weighted by Gasteiger charge is 2.31. The maximum Gasteiger partial charge on any atom is 0.161 e. The van der Waals surface area contributed by atoms with Gasteiger partial charge in [-0.25, -0.2) is 0 Å². The van der Waals surface area contributed by atoms with Crippen LogP contribution < -0.4 is 9.47 Å². The van der Waals surface area contributed by atoms with Crippen LogP contribution in [-0.2, 0) is 13.0 Å².